The van der Waals surface area contributed by atoms with Crippen molar-refractivity contribution in [2.45, 2.75) is 32.9 Å². The minimum absolute atomic E-state index is 0.177. The second-order valence-electron chi connectivity index (χ2n) is 5.64. The molecular weight excluding hydrogens is 234 g/mol. The van der Waals surface area contributed by atoms with Crippen LogP contribution in [0.25, 0.3) is 0 Å². The van der Waals surface area contributed by atoms with Crippen LogP contribution in [0, 0.1) is 17.0 Å². The quantitative estimate of drug-likeness (QED) is 0.865. The van der Waals surface area contributed by atoms with Crippen molar-refractivity contribution >= 4 is 0 Å². The lowest BCUT2D eigenvalue weighted by Gasteiger charge is -2.39. The molecule has 2 rings (SSSR count). The van der Waals surface area contributed by atoms with Gasteiger partial charge in [0.15, 0.2) is 11.6 Å². The summed E-state index contributed by atoms with van der Waals surface area (Å²) in [6.45, 7) is 6.97. The van der Waals surface area contributed by atoms with Crippen molar-refractivity contribution in [3.8, 4) is 0 Å². The van der Waals surface area contributed by atoms with Crippen molar-refractivity contribution < 1.29 is 8.78 Å². The Morgan fingerprint density at radius 1 is 1.33 bits per heavy atom. The van der Waals surface area contributed by atoms with E-state index in [-0.39, 0.29) is 5.41 Å². The fourth-order valence-electron chi connectivity index (χ4n) is 2.44. The molecule has 0 aromatic heterocycles. The highest BCUT2D eigenvalue weighted by molar-refractivity contribution is 5.17. The molecule has 0 aliphatic carbocycles. The molecule has 1 atom stereocenters. The van der Waals surface area contributed by atoms with Crippen LogP contribution in [0.15, 0.2) is 18.2 Å². The zero-order valence-electron chi connectivity index (χ0n) is 10.9. The third-order valence-electron chi connectivity index (χ3n) is 3.67. The zero-order valence-corrected chi connectivity index (χ0v) is 10.9. The fraction of sp³-hybridized carbons (Fsp3) is 0.571. The van der Waals surface area contributed by atoms with Crippen molar-refractivity contribution in [3.05, 3.63) is 35.4 Å². The van der Waals surface area contributed by atoms with E-state index in [0.29, 0.717) is 12.6 Å². The molecule has 1 aromatic rings. The van der Waals surface area contributed by atoms with Crippen molar-refractivity contribution in [2.24, 2.45) is 5.41 Å². The van der Waals surface area contributed by atoms with Gasteiger partial charge in [0.1, 0.15) is 0 Å². The van der Waals surface area contributed by atoms with E-state index >= 15 is 0 Å². The highest BCUT2D eigenvalue weighted by atomic mass is 19.2. The Morgan fingerprint density at radius 3 is 2.78 bits per heavy atom. The first-order valence-electron chi connectivity index (χ1n) is 6.37. The van der Waals surface area contributed by atoms with E-state index in [0.717, 1.165) is 25.1 Å². The van der Waals surface area contributed by atoms with Gasteiger partial charge in [-0.3, -0.25) is 0 Å². The molecule has 2 N–H and O–H groups in total. The Labute approximate surface area is 107 Å². The van der Waals surface area contributed by atoms with Gasteiger partial charge >= 0.3 is 0 Å². The van der Waals surface area contributed by atoms with Crippen LogP contribution in [0.5, 0.6) is 0 Å². The normalized spacial score (nSPS) is 23.0. The Hall–Kier alpha value is -1.00. The largest absolute Gasteiger partial charge is 0.316 e. The summed E-state index contributed by atoms with van der Waals surface area (Å²) < 4.78 is 25.9. The number of rotatable bonds is 3. The van der Waals surface area contributed by atoms with E-state index < -0.39 is 11.6 Å². The summed E-state index contributed by atoms with van der Waals surface area (Å²) in [6, 6.07) is 4.46. The molecule has 0 bridgehead atoms. The van der Waals surface area contributed by atoms with E-state index in [1.54, 1.807) is 6.07 Å². The van der Waals surface area contributed by atoms with E-state index in [1.807, 2.05) is 0 Å². The van der Waals surface area contributed by atoms with Gasteiger partial charge in [-0.1, -0.05) is 19.9 Å². The van der Waals surface area contributed by atoms with Crippen molar-refractivity contribution in [2.75, 3.05) is 13.1 Å². The first-order chi connectivity index (χ1) is 8.49. The SMILES string of the molecule is CC1(C)CNCCC1NCc1ccc(F)c(F)c1. The molecule has 0 saturated carbocycles. The lowest BCUT2D eigenvalue weighted by Crippen LogP contribution is -2.52. The average Bonchev–Trinajstić information content (AvgIpc) is 2.31. The van der Waals surface area contributed by atoms with Crippen LogP contribution >= 0.6 is 0 Å². The zero-order chi connectivity index (χ0) is 13.2. The molecule has 18 heavy (non-hydrogen) atoms. The number of benzene rings is 1. The van der Waals surface area contributed by atoms with Gasteiger partial charge in [0, 0.05) is 19.1 Å². The summed E-state index contributed by atoms with van der Waals surface area (Å²) in [5.41, 5.74) is 0.958. The summed E-state index contributed by atoms with van der Waals surface area (Å²) in [7, 11) is 0. The third kappa shape index (κ3) is 3.06. The van der Waals surface area contributed by atoms with Gasteiger partial charge in [-0.25, -0.2) is 8.78 Å². The lowest BCUT2D eigenvalue weighted by molar-refractivity contribution is 0.184. The summed E-state index contributed by atoms with van der Waals surface area (Å²) in [6.07, 6.45) is 1.05. The fourth-order valence-corrected chi connectivity index (χ4v) is 2.44. The molecule has 4 heteroatoms. The molecule has 0 spiro atoms. The maximum atomic E-state index is 13.1. The minimum Gasteiger partial charge on any atom is -0.316 e. The van der Waals surface area contributed by atoms with Gasteiger partial charge in [-0.05, 0) is 36.1 Å². The summed E-state index contributed by atoms with van der Waals surface area (Å²) >= 11 is 0. The third-order valence-corrected chi connectivity index (χ3v) is 3.67. The molecule has 1 unspecified atom stereocenters. The second-order valence-corrected chi connectivity index (χ2v) is 5.64. The summed E-state index contributed by atoms with van der Waals surface area (Å²) in [4.78, 5) is 0. The van der Waals surface area contributed by atoms with Crippen LogP contribution in [0.3, 0.4) is 0 Å². The summed E-state index contributed by atoms with van der Waals surface area (Å²) in [5, 5.41) is 6.82. The van der Waals surface area contributed by atoms with Crippen molar-refractivity contribution in [1.82, 2.24) is 10.6 Å². The number of hydrogen-bond donors (Lipinski definition) is 2. The molecule has 2 nitrogen and oxygen atoms in total. The molecule has 100 valence electrons. The van der Waals surface area contributed by atoms with Gasteiger partial charge in [-0.15, -0.1) is 0 Å². The van der Waals surface area contributed by atoms with E-state index in [4.69, 9.17) is 0 Å². The summed E-state index contributed by atoms with van der Waals surface area (Å²) in [5.74, 6) is -1.57. The molecule has 0 radical (unpaired) electrons. The molecule has 1 aliphatic rings. The van der Waals surface area contributed by atoms with E-state index in [2.05, 4.69) is 24.5 Å². The van der Waals surface area contributed by atoms with Crippen LogP contribution in [0.1, 0.15) is 25.8 Å². The highest BCUT2D eigenvalue weighted by Crippen LogP contribution is 2.25. The lowest BCUT2D eigenvalue weighted by atomic mass is 9.80. The molecule has 1 saturated heterocycles. The second kappa shape index (κ2) is 5.33. The average molecular weight is 254 g/mol. The van der Waals surface area contributed by atoms with Gasteiger partial charge in [-0.2, -0.15) is 0 Å². The first-order valence-corrected chi connectivity index (χ1v) is 6.37. The monoisotopic (exact) mass is 254 g/mol. The maximum absolute atomic E-state index is 13.1. The minimum atomic E-state index is -0.791. The Morgan fingerprint density at radius 2 is 2.11 bits per heavy atom. The van der Waals surface area contributed by atoms with Crippen LogP contribution in [-0.2, 0) is 6.54 Å². The number of halogens is 2. The van der Waals surface area contributed by atoms with E-state index in [1.165, 1.54) is 12.1 Å². The highest BCUT2D eigenvalue weighted by Gasteiger charge is 2.31. The van der Waals surface area contributed by atoms with Gasteiger partial charge in [0.05, 0.1) is 0 Å². The molecular formula is C14H20F2N2. The standard InChI is InChI=1S/C14H20F2N2/c1-14(2)9-17-6-5-13(14)18-8-10-3-4-11(15)12(16)7-10/h3-4,7,13,17-18H,5-6,8-9H2,1-2H3. The van der Waals surface area contributed by atoms with Crippen LogP contribution in [-0.4, -0.2) is 19.1 Å². The van der Waals surface area contributed by atoms with Crippen LogP contribution in [0.2, 0.25) is 0 Å². The molecule has 0 amide bonds. The smallest absolute Gasteiger partial charge is 0.159 e. The van der Waals surface area contributed by atoms with Crippen LogP contribution in [0.4, 0.5) is 8.78 Å². The van der Waals surface area contributed by atoms with Crippen molar-refractivity contribution in [3.63, 3.8) is 0 Å². The Bertz CT molecular complexity index is 418. The van der Waals surface area contributed by atoms with Gasteiger partial charge in [0.2, 0.25) is 0 Å². The van der Waals surface area contributed by atoms with Gasteiger partial charge in [0.25, 0.3) is 0 Å². The molecule has 1 fully saturated rings. The van der Waals surface area contributed by atoms with Crippen molar-refractivity contribution in [1.29, 1.82) is 0 Å². The maximum Gasteiger partial charge on any atom is 0.159 e. The predicted octanol–water partition coefficient (Wildman–Crippen LogP) is 2.44. The molecule has 1 aromatic carbocycles. The number of hydrogen-bond acceptors (Lipinski definition) is 2. The van der Waals surface area contributed by atoms with E-state index in [9.17, 15) is 8.78 Å². The number of nitrogens with one attached hydrogen (secondary N) is 2. The van der Waals surface area contributed by atoms with Gasteiger partial charge < -0.3 is 10.6 Å². The Balaban J connectivity index is 1.96. The predicted molar refractivity (Wildman–Crippen MR) is 68.3 cm³/mol. The molecule has 1 heterocycles. The topological polar surface area (TPSA) is 24.1 Å². The molecule has 1 aliphatic heterocycles. The van der Waals surface area contributed by atoms with Crippen LogP contribution < -0.4 is 10.6 Å². The first kappa shape index (κ1) is 13.4. The number of piperidine rings is 1. The Kier molecular flexibility index (Phi) is 3.97.